The van der Waals surface area contributed by atoms with Gasteiger partial charge in [0.2, 0.25) is 0 Å². The first-order valence-electron chi connectivity index (χ1n) is 9.57. The van der Waals surface area contributed by atoms with Gasteiger partial charge in [-0.2, -0.15) is 0 Å². The predicted octanol–water partition coefficient (Wildman–Crippen LogP) is 3.79. The van der Waals surface area contributed by atoms with Gasteiger partial charge in [0.25, 0.3) is 0 Å². The van der Waals surface area contributed by atoms with Crippen molar-refractivity contribution in [3.63, 3.8) is 0 Å². The van der Waals surface area contributed by atoms with Crippen molar-refractivity contribution >= 4 is 39.8 Å². The van der Waals surface area contributed by atoms with E-state index in [0.717, 1.165) is 44.4 Å². The van der Waals surface area contributed by atoms with E-state index in [1.54, 1.807) is 18.4 Å². The Morgan fingerprint density at radius 3 is 3.00 bits per heavy atom. The Morgan fingerprint density at radius 1 is 1.34 bits per heavy atom. The van der Waals surface area contributed by atoms with Crippen LogP contribution in [-0.2, 0) is 4.74 Å². The number of ether oxygens (including phenoxy) is 2. The Bertz CT molecular complexity index is 1080. The third-order valence-corrected chi connectivity index (χ3v) is 7.51. The Balaban J connectivity index is 1.32. The number of morpholine rings is 1. The summed E-state index contributed by atoms with van der Waals surface area (Å²) in [5.74, 6) is 1.88. The quantitative estimate of drug-likeness (QED) is 0.364. The van der Waals surface area contributed by atoms with Crippen LogP contribution in [0.2, 0.25) is 0 Å². The zero-order valence-corrected chi connectivity index (χ0v) is 17.8. The van der Waals surface area contributed by atoms with Crippen LogP contribution in [0.25, 0.3) is 10.9 Å². The summed E-state index contributed by atoms with van der Waals surface area (Å²) in [6.45, 7) is 2.80. The van der Waals surface area contributed by atoms with E-state index < -0.39 is 0 Å². The minimum Gasteiger partial charge on any atom is -0.497 e. The fourth-order valence-electron chi connectivity index (χ4n) is 3.92. The maximum absolute atomic E-state index is 12.8. The lowest BCUT2D eigenvalue weighted by atomic mass is 10.1. The average Bonchev–Trinajstić information content (AvgIpc) is 3.48. The van der Waals surface area contributed by atoms with Crippen LogP contribution in [0, 0.1) is 6.92 Å². The van der Waals surface area contributed by atoms with Crippen LogP contribution in [0.4, 0.5) is 0 Å². The molecule has 8 heteroatoms. The third-order valence-electron chi connectivity index (χ3n) is 5.33. The van der Waals surface area contributed by atoms with E-state index in [2.05, 4.69) is 15.3 Å². The molecule has 1 aromatic carbocycles. The number of aryl methyl sites for hydroxylation is 1. The summed E-state index contributed by atoms with van der Waals surface area (Å²) in [6, 6.07) is 10.1. The first-order chi connectivity index (χ1) is 14.1. The molecule has 2 bridgehead atoms. The van der Waals surface area contributed by atoms with Gasteiger partial charge in [0.1, 0.15) is 22.7 Å². The summed E-state index contributed by atoms with van der Waals surface area (Å²) in [5, 5.41) is 5.20. The molecule has 5 rings (SSSR count). The maximum atomic E-state index is 12.8. The number of rotatable bonds is 6. The number of hydrogen-bond acceptors (Lipinski definition) is 8. The smallest absolute Gasteiger partial charge is 0.183 e. The normalized spacial score (nSPS) is 23.0. The summed E-state index contributed by atoms with van der Waals surface area (Å²) >= 11 is 2.99. The molecule has 29 heavy (non-hydrogen) atoms. The molecule has 0 spiro atoms. The Kier molecular flexibility index (Phi) is 5.03. The van der Waals surface area contributed by atoms with E-state index >= 15 is 0 Å². The molecular weight excluding hydrogens is 406 g/mol. The van der Waals surface area contributed by atoms with Gasteiger partial charge in [0.05, 0.1) is 29.4 Å². The standard InChI is InChI=1S/C21H21N3O3S2/c1-11-23-15-4-3-12(26-2)7-14(15)21(24-11)28-10-17(25)18-5-6-19(29-18)20-16-8-13(27-20)9-22-16/h3-7,13,16,20,22H,8-10H2,1-2H3/t13-,16-,20-/m1/s1. The molecule has 0 aliphatic carbocycles. The predicted molar refractivity (Wildman–Crippen MR) is 114 cm³/mol. The van der Waals surface area contributed by atoms with Gasteiger partial charge < -0.3 is 14.8 Å². The molecule has 1 N–H and O–H groups in total. The van der Waals surface area contributed by atoms with E-state index in [0.29, 0.717) is 23.7 Å². The SMILES string of the molecule is COc1ccc2nc(C)nc(SCC(=O)c3ccc([C@@H]4O[C@H]5CN[C@@H]4C5)s3)c2c1. The summed E-state index contributed by atoms with van der Waals surface area (Å²) in [5.41, 5.74) is 0.854. The number of nitrogens with one attached hydrogen (secondary N) is 1. The lowest BCUT2D eigenvalue weighted by Gasteiger charge is -2.22. The van der Waals surface area contributed by atoms with E-state index in [1.807, 2.05) is 37.3 Å². The zero-order chi connectivity index (χ0) is 20.0. The second-order valence-electron chi connectivity index (χ2n) is 7.30. The molecule has 0 amide bonds. The number of nitrogens with zero attached hydrogens (tertiary/aromatic N) is 2. The first-order valence-corrected chi connectivity index (χ1v) is 11.4. The Hall–Kier alpha value is -2.00. The monoisotopic (exact) mass is 427 g/mol. The highest BCUT2D eigenvalue weighted by Crippen LogP contribution is 2.40. The maximum Gasteiger partial charge on any atom is 0.183 e. The molecule has 4 heterocycles. The van der Waals surface area contributed by atoms with E-state index in [4.69, 9.17) is 9.47 Å². The van der Waals surface area contributed by atoms with Crippen LogP contribution in [0.15, 0.2) is 35.4 Å². The molecule has 2 aliphatic rings. The van der Waals surface area contributed by atoms with Crippen LogP contribution in [-0.4, -0.2) is 47.3 Å². The number of hydrogen-bond donors (Lipinski definition) is 1. The highest BCUT2D eigenvalue weighted by molar-refractivity contribution is 8.00. The molecule has 3 aromatic rings. The second-order valence-corrected chi connectivity index (χ2v) is 9.38. The topological polar surface area (TPSA) is 73.3 Å². The number of thioether (sulfide) groups is 1. The van der Waals surface area contributed by atoms with Gasteiger partial charge in [0, 0.05) is 22.8 Å². The van der Waals surface area contributed by atoms with Gasteiger partial charge in [-0.15, -0.1) is 11.3 Å². The van der Waals surface area contributed by atoms with Crippen LogP contribution < -0.4 is 10.1 Å². The fourth-order valence-corrected chi connectivity index (χ4v) is 6.00. The van der Waals surface area contributed by atoms with Gasteiger partial charge in [-0.05, 0) is 43.7 Å². The number of aromatic nitrogens is 2. The average molecular weight is 428 g/mol. The van der Waals surface area contributed by atoms with E-state index in [1.165, 1.54) is 11.8 Å². The van der Waals surface area contributed by atoms with Crippen molar-refractivity contribution in [2.24, 2.45) is 0 Å². The van der Waals surface area contributed by atoms with Crippen LogP contribution in [0.3, 0.4) is 0 Å². The molecule has 3 atom stereocenters. The van der Waals surface area contributed by atoms with Crippen molar-refractivity contribution in [3.8, 4) is 5.75 Å². The molecule has 0 radical (unpaired) electrons. The molecule has 150 valence electrons. The molecular formula is C21H21N3O3S2. The van der Waals surface area contributed by atoms with Gasteiger partial charge in [0.15, 0.2) is 5.78 Å². The van der Waals surface area contributed by atoms with Crippen molar-refractivity contribution in [1.29, 1.82) is 0 Å². The number of methoxy groups -OCH3 is 1. The lowest BCUT2D eigenvalue weighted by Crippen LogP contribution is -2.33. The van der Waals surface area contributed by atoms with E-state index in [9.17, 15) is 4.79 Å². The zero-order valence-electron chi connectivity index (χ0n) is 16.2. The van der Waals surface area contributed by atoms with Crippen LogP contribution in [0.5, 0.6) is 5.75 Å². The van der Waals surface area contributed by atoms with Crippen molar-refractivity contribution < 1.29 is 14.3 Å². The number of ketones is 1. The van der Waals surface area contributed by atoms with Gasteiger partial charge >= 0.3 is 0 Å². The molecule has 2 aliphatic heterocycles. The molecule has 0 saturated carbocycles. The third kappa shape index (κ3) is 3.66. The number of carbonyl (C=O) groups excluding carboxylic acids is 1. The number of benzene rings is 1. The lowest BCUT2D eigenvalue weighted by molar-refractivity contribution is 0.0181. The second kappa shape index (κ2) is 7.68. The largest absolute Gasteiger partial charge is 0.497 e. The minimum atomic E-state index is 0.0777. The van der Waals surface area contributed by atoms with E-state index in [-0.39, 0.29) is 11.9 Å². The van der Waals surface area contributed by atoms with Gasteiger partial charge in [-0.25, -0.2) is 9.97 Å². The minimum absolute atomic E-state index is 0.0777. The van der Waals surface area contributed by atoms with Crippen LogP contribution >= 0.6 is 23.1 Å². The first kappa shape index (κ1) is 19.0. The number of Topliss-reactive ketones (excluding diaryl/α,β-unsaturated/α-hetero) is 1. The summed E-state index contributed by atoms with van der Waals surface area (Å²) < 4.78 is 11.4. The van der Waals surface area contributed by atoms with Crippen LogP contribution in [0.1, 0.15) is 32.9 Å². The molecule has 6 nitrogen and oxygen atoms in total. The highest BCUT2D eigenvalue weighted by atomic mass is 32.2. The highest BCUT2D eigenvalue weighted by Gasteiger charge is 2.41. The summed E-state index contributed by atoms with van der Waals surface area (Å²) in [6.07, 6.45) is 1.45. The van der Waals surface area contributed by atoms with Crippen molar-refractivity contribution in [3.05, 3.63) is 45.9 Å². The summed E-state index contributed by atoms with van der Waals surface area (Å²) in [7, 11) is 1.64. The van der Waals surface area contributed by atoms with Crippen molar-refractivity contribution in [2.45, 2.75) is 36.6 Å². The van der Waals surface area contributed by atoms with Gasteiger partial charge in [-0.3, -0.25) is 4.79 Å². The molecule has 2 saturated heterocycles. The number of fused-ring (bicyclic) bond motifs is 3. The number of thiophene rings is 1. The Morgan fingerprint density at radius 2 is 2.24 bits per heavy atom. The molecule has 2 fully saturated rings. The molecule has 0 unspecified atom stereocenters. The fraction of sp³-hybridized carbons (Fsp3) is 0.381. The summed E-state index contributed by atoms with van der Waals surface area (Å²) in [4.78, 5) is 23.8. The van der Waals surface area contributed by atoms with Crippen molar-refractivity contribution in [2.75, 3.05) is 19.4 Å². The van der Waals surface area contributed by atoms with Crippen molar-refractivity contribution in [1.82, 2.24) is 15.3 Å². The molecule has 2 aromatic heterocycles. The Labute approximate surface area is 177 Å². The van der Waals surface area contributed by atoms with Gasteiger partial charge in [-0.1, -0.05) is 11.8 Å². The number of carbonyl (C=O) groups is 1.